The van der Waals surface area contributed by atoms with Crippen LogP contribution in [0.3, 0.4) is 0 Å². The van der Waals surface area contributed by atoms with E-state index < -0.39 is 112 Å². The van der Waals surface area contributed by atoms with Gasteiger partial charge in [-0.15, -0.1) is 0 Å². The van der Waals surface area contributed by atoms with Crippen LogP contribution in [0.15, 0.2) is 0 Å². The lowest BCUT2D eigenvalue weighted by Crippen LogP contribution is -2.65. The van der Waals surface area contributed by atoms with E-state index in [1.807, 2.05) is 0 Å². The van der Waals surface area contributed by atoms with Crippen molar-refractivity contribution >= 4 is 0 Å². The number of aliphatic hydroxyl groups is 11. The lowest BCUT2D eigenvalue weighted by molar-refractivity contribution is -0.362. The molecule has 3 aliphatic rings. The van der Waals surface area contributed by atoms with Crippen molar-refractivity contribution < 1.29 is 79.9 Å². The fourth-order valence-electron chi connectivity index (χ4n) is 3.95. The Labute approximate surface area is 192 Å². The van der Waals surface area contributed by atoms with Crippen molar-refractivity contribution in [3.8, 4) is 0 Å². The Bertz CT molecular complexity index is 637. The highest BCUT2D eigenvalue weighted by Crippen LogP contribution is 2.29. The minimum absolute atomic E-state index is 0.609. The van der Waals surface area contributed by atoms with Gasteiger partial charge >= 0.3 is 0 Å². The van der Waals surface area contributed by atoms with E-state index in [1.54, 1.807) is 0 Å². The second kappa shape index (κ2) is 11.6. The van der Waals surface area contributed by atoms with Crippen molar-refractivity contribution in [2.45, 2.75) is 92.1 Å². The van der Waals surface area contributed by atoms with E-state index >= 15 is 0 Å². The van der Waals surface area contributed by atoms with E-state index in [9.17, 15) is 56.2 Å². The Morgan fingerprint density at radius 1 is 0.500 bits per heavy atom. The van der Waals surface area contributed by atoms with Crippen molar-refractivity contribution in [3.63, 3.8) is 0 Å². The fraction of sp³-hybridized carbons (Fsp3) is 1.00. The van der Waals surface area contributed by atoms with Gasteiger partial charge < -0.3 is 79.9 Å². The molecule has 16 nitrogen and oxygen atoms in total. The first-order chi connectivity index (χ1) is 16.0. The van der Waals surface area contributed by atoms with Crippen LogP contribution in [-0.4, -0.2) is 168 Å². The molecule has 0 radical (unpaired) electrons. The molecule has 3 aliphatic heterocycles. The number of hydrogen-bond donors (Lipinski definition) is 11. The van der Waals surface area contributed by atoms with Gasteiger partial charge in [-0.2, -0.15) is 0 Å². The van der Waals surface area contributed by atoms with E-state index in [0.29, 0.717) is 0 Å². The molecule has 200 valence electrons. The summed E-state index contributed by atoms with van der Waals surface area (Å²) in [5.74, 6) is 0. The van der Waals surface area contributed by atoms with Crippen LogP contribution < -0.4 is 0 Å². The largest absolute Gasteiger partial charge is 0.394 e. The normalized spacial score (nSPS) is 52.5. The zero-order chi connectivity index (χ0) is 25.3. The molecule has 0 amide bonds. The van der Waals surface area contributed by atoms with Crippen LogP contribution in [0.2, 0.25) is 0 Å². The summed E-state index contributed by atoms with van der Waals surface area (Å²) in [4.78, 5) is 0. The molecule has 11 N–H and O–H groups in total. The molecule has 0 spiro atoms. The van der Waals surface area contributed by atoms with Crippen molar-refractivity contribution in [1.29, 1.82) is 0 Å². The molecule has 0 aromatic carbocycles. The molecule has 3 rings (SSSR count). The Balaban J connectivity index is 1.66. The van der Waals surface area contributed by atoms with Gasteiger partial charge in [-0.3, -0.25) is 0 Å². The monoisotopic (exact) mass is 504 g/mol. The average Bonchev–Trinajstić information content (AvgIpc) is 2.82. The maximum atomic E-state index is 10.3. The number of ether oxygens (including phenoxy) is 5. The van der Waals surface area contributed by atoms with E-state index in [0.717, 1.165) is 0 Å². The minimum Gasteiger partial charge on any atom is -0.394 e. The van der Waals surface area contributed by atoms with Crippen molar-refractivity contribution in [1.82, 2.24) is 0 Å². The first kappa shape index (κ1) is 27.9. The molecule has 0 aromatic heterocycles. The van der Waals surface area contributed by atoms with Gasteiger partial charge in [-0.25, -0.2) is 0 Å². The molecule has 0 aromatic rings. The van der Waals surface area contributed by atoms with Gasteiger partial charge in [0, 0.05) is 0 Å². The standard InChI is InChI=1S/C18H32O16/c19-1-4-7(21)9(23)13(27)17(32-4)30-3-6-8(22)10(24)14(28)18(33-6)34-15-5(2-20)31-16(29)12(26)11(15)25/h4-29H,1-3H2/t4-,5-,6-,7+,8-,9+,10+,11-,12+,13-,14+,15-,16-,17+,18-/m1/s1. The SMILES string of the molecule is OC[C@H]1O[C@H](OC[C@H]2O[C@H](O[C@H]3[C@H](O)[C@H](O)[C@H](O)O[C@@H]3CO)[C@@H](O)[C@@H](O)[C@@H]2O)[C@H](O)[C@@H](O)[C@H]1O. The van der Waals surface area contributed by atoms with E-state index in [2.05, 4.69) is 0 Å². The summed E-state index contributed by atoms with van der Waals surface area (Å²) in [6.07, 6.45) is -24.9. The molecule has 15 atom stereocenters. The molecule has 3 heterocycles. The van der Waals surface area contributed by atoms with Crippen LogP contribution in [0.5, 0.6) is 0 Å². The molecule has 34 heavy (non-hydrogen) atoms. The highest BCUT2D eigenvalue weighted by atomic mass is 16.7. The van der Waals surface area contributed by atoms with Crippen LogP contribution in [0.4, 0.5) is 0 Å². The highest BCUT2D eigenvalue weighted by molar-refractivity contribution is 4.94. The van der Waals surface area contributed by atoms with Crippen LogP contribution in [0.25, 0.3) is 0 Å². The molecule has 0 unspecified atom stereocenters. The summed E-state index contributed by atoms with van der Waals surface area (Å²) in [6, 6.07) is 0. The molecule has 0 aliphatic carbocycles. The molecule has 0 bridgehead atoms. The molecule has 16 heteroatoms. The predicted molar refractivity (Wildman–Crippen MR) is 101 cm³/mol. The Morgan fingerprint density at radius 3 is 1.62 bits per heavy atom. The summed E-state index contributed by atoms with van der Waals surface area (Å²) in [6.45, 7) is -2.07. The van der Waals surface area contributed by atoms with Gasteiger partial charge in [0.1, 0.15) is 73.2 Å². The summed E-state index contributed by atoms with van der Waals surface area (Å²) in [7, 11) is 0. The second-order valence-corrected chi connectivity index (χ2v) is 8.37. The Morgan fingerprint density at radius 2 is 1.03 bits per heavy atom. The van der Waals surface area contributed by atoms with Gasteiger partial charge in [0.25, 0.3) is 0 Å². The number of aliphatic hydroxyl groups excluding tert-OH is 11. The van der Waals surface area contributed by atoms with E-state index in [-0.39, 0.29) is 0 Å². The van der Waals surface area contributed by atoms with Crippen LogP contribution >= 0.6 is 0 Å². The third kappa shape index (κ3) is 5.52. The van der Waals surface area contributed by atoms with Crippen molar-refractivity contribution in [2.24, 2.45) is 0 Å². The van der Waals surface area contributed by atoms with Gasteiger partial charge in [-0.1, -0.05) is 0 Å². The zero-order valence-corrected chi connectivity index (χ0v) is 17.7. The first-order valence-corrected chi connectivity index (χ1v) is 10.6. The minimum atomic E-state index is -1.87. The van der Waals surface area contributed by atoms with Crippen molar-refractivity contribution in [2.75, 3.05) is 19.8 Å². The lowest BCUT2D eigenvalue weighted by Gasteiger charge is -2.45. The van der Waals surface area contributed by atoms with E-state index in [1.165, 1.54) is 0 Å². The quantitative estimate of drug-likeness (QED) is 0.154. The summed E-state index contributed by atoms with van der Waals surface area (Å²) < 4.78 is 26.3. The molecular weight excluding hydrogens is 472 g/mol. The summed E-state index contributed by atoms with van der Waals surface area (Å²) in [5, 5.41) is 109. The molecule has 3 fully saturated rings. The third-order valence-electron chi connectivity index (χ3n) is 6.07. The Hall–Kier alpha value is -0.640. The summed E-state index contributed by atoms with van der Waals surface area (Å²) >= 11 is 0. The summed E-state index contributed by atoms with van der Waals surface area (Å²) in [5.41, 5.74) is 0. The van der Waals surface area contributed by atoms with Crippen LogP contribution in [0, 0.1) is 0 Å². The average molecular weight is 504 g/mol. The fourth-order valence-corrected chi connectivity index (χ4v) is 3.95. The highest BCUT2D eigenvalue weighted by Gasteiger charge is 2.51. The van der Waals surface area contributed by atoms with Crippen LogP contribution in [-0.2, 0) is 23.7 Å². The van der Waals surface area contributed by atoms with Gasteiger partial charge in [0.2, 0.25) is 0 Å². The smallest absolute Gasteiger partial charge is 0.187 e. The van der Waals surface area contributed by atoms with Gasteiger partial charge in [-0.05, 0) is 0 Å². The molecule has 3 saturated heterocycles. The first-order valence-electron chi connectivity index (χ1n) is 10.6. The second-order valence-electron chi connectivity index (χ2n) is 8.37. The Kier molecular flexibility index (Phi) is 9.54. The van der Waals surface area contributed by atoms with Crippen LogP contribution in [0.1, 0.15) is 0 Å². The topological polar surface area (TPSA) is 269 Å². The van der Waals surface area contributed by atoms with Gasteiger partial charge in [0.15, 0.2) is 18.9 Å². The number of hydrogen-bond acceptors (Lipinski definition) is 16. The third-order valence-corrected chi connectivity index (χ3v) is 6.07. The molecular formula is C18H32O16. The number of rotatable bonds is 7. The van der Waals surface area contributed by atoms with Gasteiger partial charge in [0.05, 0.1) is 19.8 Å². The molecule has 0 saturated carbocycles. The van der Waals surface area contributed by atoms with Crippen molar-refractivity contribution in [3.05, 3.63) is 0 Å². The van der Waals surface area contributed by atoms with E-state index in [4.69, 9.17) is 23.7 Å². The zero-order valence-electron chi connectivity index (χ0n) is 17.7. The maximum absolute atomic E-state index is 10.3. The maximum Gasteiger partial charge on any atom is 0.187 e. The lowest BCUT2D eigenvalue weighted by atomic mass is 9.97. The predicted octanol–water partition coefficient (Wildman–Crippen LogP) is -7.57.